The van der Waals surface area contributed by atoms with Crippen molar-refractivity contribution in [2.75, 3.05) is 0 Å². The smallest absolute Gasteiger partial charge is 0.233 e. The zero-order valence-corrected chi connectivity index (χ0v) is 16.3. The molecule has 0 spiro atoms. The third kappa shape index (κ3) is 7.22. The first-order chi connectivity index (χ1) is 12.8. The first-order valence-electron chi connectivity index (χ1n) is 10.5. The van der Waals surface area contributed by atoms with Crippen LogP contribution in [0.4, 0.5) is 0 Å². The van der Waals surface area contributed by atoms with Gasteiger partial charge in [-0.3, -0.25) is 9.36 Å². The van der Waals surface area contributed by atoms with E-state index in [0.717, 1.165) is 12.8 Å². The van der Waals surface area contributed by atoms with Crippen LogP contribution < -0.4 is 0 Å². The predicted octanol–water partition coefficient (Wildman–Crippen LogP) is 5.95. The molecule has 0 fully saturated rings. The van der Waals surface area contributed by atoms with Gasteiger partial charge in [-0.25, -0.2) is 15.0 Å². The third-order valence-corrected chi connectivity index (χ3v) is 4.98. The van der Waals surface area contributed by atoms with Crippen molar-refractivity contribution in [1.82, 2.24) is 19.5 Å². The van der Waals surface area contributed by atoms with Gasteiger partial charge in [0.2, 0.25) is 5.91 Å². The highest BCUT2D eigenvalue weighted by atomic mass is 16.2. The molecule has 26 heavy (non-hydrogen) atoms. The average Bonchev–Trinajstić information content (AvgIpc) is 3.09. The Hall–Kier alpha value is -1.78. The van der Waals surface area contributed by atoms with E-state index in [1.807, 2.05) is 0 Å². The summed E-state index contributed by atoms with van der Waals surface area (Å²) >= 11 is 0. The third-order valence-electron chi connectivity index (χ3n) is 4.98. The number of rotatable bonds is 14. The molecule has 0 saturated carbocycles. The second kappa shape index (κ2) is 12.6. The summed E-state index contributed by atoms with van der Waals surface area (Å²) in [6.07, 6.45) is 22.3. The molecule has 144 valence electrons. The van der Waals surface area contributed by atoms with Gasteiger partial charge in [0.05, 0.1) is 6.20 Å². The number of carbonyl (C=O) groups excluding carboxylic acids is 1. The molecule has 2 aromatic rings. The standard InChI is InChI=1S/C21H34N4O/c1-2-3-4-5-6-7-8-9-10-11-12-13-14-15-20(26)25-18-24-19-16-22-17-23-21(19)25/h16-18H,2-15H2,1H3. The van der Waals surface area contributed by atoms with Crippen LogP contribution in [0.3, 0.4) is 0 Å². The Bertz CT molecular complexity index is 638. The van der Waals surface area contributed by atoms with E-state index in [-0.39, 0.29) is 5.91 Å². The molecule has 0 amide bonds. The van der Waals surface area contributed by atoms with Gasteiger partial charge in [-0.1, -0.05) is 84.0 Å². The van der Waals surface area contributed by atoms with Gasteiger partial charge >= 0.3 is 0 Å². The van der Waals surface area contributed by atoms with Crippen molar-refractivity contribution in [3.63, 3.8) is 0 Å². The number of aromatic nitrogens is 4. The summed E-state index contributed by atoms with van der Waals surface area (Å²) in [7, 11) is 0. The summed E-state index contributed by atoms with van der Waals surface area (Å²) in [5.41, 5.74) is 1.28. The molecule has 0 unspecified atom stereocenters. The Kier molecular flexibility index (Phi) is 9.91. The van der Waals surface area contributed by atoms with Gasteiger partial charge in [-0.15, -0.1) is 0 Å². The van der Waals surface area contributed by atoms with Crippen LogP contribution in [0.2, 0.25) is 0 Å². The van der Waals surface area contributed by atoms with Crippen molar-refractivity contribution in [3.8, 4) is 0 Å². The molecule has 2 rings (SSSR count). The SMILES string of the molecule is CCCCCCCCCCCCCCCC(=O)n1cnc2cncnc21. The topological polar surface area (TPSA) is 60.7 Å². The van der Waals surface area contributed by atoms with E-state index < -0.39 is 0 Å². The minimum Gasteiger partial charge on any atom is -0.274 e. The zero-order valence-electron chi connectivity index (χ0n) is 16.3. The Balaban J connectivity index is 1.45. The van der Waals surface area contributed by atoms with Crippen LogP contribution in [0, 0.1) is 0 Å². The lowest BCUT2D eigenvalue weighted by molar-refractivity contribution is 0.0903. The summed E-state index contributed by atoms with van der Waals surface area (Å²) < 4.78 is 1.55. The number of carbonyl (C=O) groups is 1. The van der Waals surface area contributed by atoms with Gasteiger partial charge in [0.1, 0.15) is 18.2 Å². The highest BCUT2D eigenvalue weighted by Crippen LogP contribution is 2.14. The Labute approximate surface area is 157 Å². The van der Waals surface area contributed by atoms with Gasteiger partial charge in [-0.05, 0) is 6.42 Å². The maximum Gasteiger partial charge on any atom is 0.233 e. The Morgan fingerprint density at radius 2 is 1.42 bits per heavy atom. The Morgan fingerprint density at radius 1 is 0.846 bits per heavy atom. The maximum atomic E-state index is 12.3. The lowest BCUT2D eigenvalue weighted by Gasteiger charge is -2.04. The number of hydrogen-bond acceptors (Lipinski definition) is 4. The first-order valence-corrected chi connectivity index (χ1v) is 10.5. The molecule has 0 aliphatic rings. The van der Waals surface area contributed by atoms with E-state index in [9.17, 15) is 4.79 Å². The van der Waals surface area contributed by atoms with Gasteiger partial charge in [0.15, 0.2) is 5.65 Å². The van der Waals surface area contributed by atoms with Crippen molar-refractivity contribution < 1.29 is 4.79 Å². The highest BCUT2D eigenvalue weighted by Gasteiger charge is 2.10. The van der Waals surface area contributed by atoms with Crippen LogP contribution in [0.25, 0.3) is 11.2 Å². The van der Waals surface area contributed by atoms with Gasteiger partial charge in [0, 0.05) is 6.42 Å². The van der Waals surface area contributed by atoms with E-state index in [4.69, 9.17) is 0 Å². The normalized spacial score (nSPS) is 11.3. The molecule has 2 aromatic heterocycles. The predicted molar refractivity (Wildman–Crippen MR) is 106 cm³/mol. The number of unbranched alkanes of at least 4 members (excludes halogenated alkanes) is 12. The second-order valence-electron chi connectivity index (χ2n) is 7.23. The molecular formula is C21H34N4O. The number of fused-ring (bicyclic) bond motifs is 1. The molecular weight excluding hydrogens is 324 g/mol. The molecule has 0 aliphatic carbocycles. The molecule has 0 radical (unpaired) electrons. The summed E-state index contributed by atoms with van der Waals surface area (Å²) in [6, 6.07) is 0. The summed E-state index contributed by atoms with van der Waals surface area (Å²) in [5, 5.41) is 0. The minimum atomic E-state index is 0.0780. The largest absolute Gasteiger partial charge is 0.274 e. The molecule has 5 nitrogen and oxygen atoms in total. The van der Waals surface area contributed by atoms with Crippen LogP contribution in [-0.2, 0) is 0 Å². The van der Waals surface area contributed by atoms with Crippen molar-refractivity contribution in [2.24, 2.45) is 0 Å². The lowest BCUT2D eigenvalue weighted by Crippen LogP contribution is -2.09. The van der Waals surface area contributed by atoms with Crippen LogP contribution in [0.15, 0.2) is 18.9 Å². The van der Waals surface area contributed by atoms with E-state index in [1.54, 1.807) is 17.1 Å². The van der Waals surface area contributed by atoms with Gasteiger partial charge in [-0.2, -0.15) is 0 Å². The zero-order chi connectivity index (χ0) is 18.5. The fraction of sp³-hybridized carbons (Fsp3) is 0.714. The van der Waals surface area contributed by atoms with Crippen LogP contribution in [0.1, 0.15) is 102 Å². The number of hydrogen-bond donors (Lipinski definition) is 0. The van der Waals surface area contributed by atoms with Gasteiger partial charge < -0.3 is 0 Å². The quantitative estimate of drug-likeness (QED) is 0.392. The first kappa shape index (κ1) is 20.5. The lowest BCUT2D eigenvalue weighted by atomic mass is 10.0. The monoisotopic (exact) mass is 358 g/mol. The summed E-state index contributed by atoms with van der Waals surface area (Å²) in [5.74, 6) is 0.0780. The minimum absolute atomic E-state index is 0.0780. The molecule has 2 heterocycles. The second-order valence-corrected chi connectivity index (χ2v) is 7.23. The molecule has 0 atom stereocenters. The number of nitrogens with zero attached hydrogens (tertiary/aromatic N) is 4. The molecule has 0 N–H and O–H groups in total. The maximum absolute atomic E-state index is 12.3. The van der Waals surface area contributed by atoms with Crippen molar-refractivity contribution in [3.05, 3.63) is 18.9 Å². The van der Waals surface area contributed by atoms with E-state index in [0.29, 0.717) is 17.6 Å². The van der Waals surface area contributed by atoms with E-state index in [2.05, 4.69) is 21.9 Å². The molecule has 0 bridgehead atoms. The van der Waals surface area contributed by atoms with Crippen molar-refractivity contribution in [1.29, 1.82) is 0 Å². The average molecular weight is 359 g/mol. The van der Waals surface area contributed by atoms with Crippen LogP contribution in [0.5, 0.6) is 0 Å². The van der Waals surface area contributed by atoms with E-state index in [1.165, 1.54) is 77.0 Å². The number of imidazole rings is 1. The van der Waals surface area contributed by atoms with Crippen molar-refractivity contribution in [2.45, 2.75) is 96.8 Å². The van der Waals surface area contributed by atoms with Crippen LogP contribution in [-0.4, -0.2) is 25.4 Å². The van der Waals surface area contributed by atoms with Gasteiger partial charge in [0.25, 0.3) is 0 Å². The van der Waals surface area contributed by atoms with Crippen molar-refractivity contribution >= 4 is 17.1 Å². The molecule has 0 aliphatic heterocycles. The van der Waals surface area contributed by atoms with E-state index >= 15 is 0 Å². The highest BCUT2D eigenvalue weighted by molar-refractivity contribution is 5.87. The fourth-order valence-electron chi connectivity index (χ4n) is 3.36. The molecule has 0 aromatic carbocycles. The Morgan fingerprint density at radius 3 is 2.04 bits per heavy atom. The van der Waals surface area contributed by atoms with Crippen LogP contribution >= 0.6 is 0 Å². The molecule has 0 saturated heterocycles. The summed E-state index contributed by atoms with van der Waals surface area (Å²) in [4.78, 5) is 24.5. The molecule has 5 heteroatoms. The fourth-order valence-corrected chi connectivity index (χ4v) is 3.36. The summed E-state index contributed by atoms with van der Waals surface area (Å²) in [6.45, 7) is 2.27.